The highest BCUT2D eigenvalue weighted by Crippen LogP contribution is 2.25. The Morgan fingerprint density at radius 2 is 1.85 bits per heavy atom. The van der Waals surface area contributed by atoms with E-state index in [1.807, 2.05) is 26.0 Å². The van der Waals surface area contributed by atoms with E-state index in [9.17, 15) is 9.59 Å². The van der Waals surface area contributed by atoms with E-state index >= 15 is 0 Å². The molecule has 0 fully saturated rings. The number of amides is 3. The van der Waals surface area contributed by atoms with Crippen LogP contribution in [0.4, 0.5) is 16.3 Å². The van der Waals surface area contributed by atoms with Gasteiger partial charge in [-0.1, -0.05) is 0 Å². The second-order valence-corrected chi connectivity index (χ2v) is 5.76. The maximum atomic E-state index is 12.3. The van der Waals surface area contributed by atoms with Crippen LogP contribution in [-0.4, -0.2) is 28.5 Å². The molecule has 2 aromatic heterocycles. The average molecular weight is 349 g/mol. The molecule has 132 valence electrons. The predicted octanol–water partition coefficient (Wildman–Crippen LogP) is 3.33. The summed E-state index contributed by atoms with van der Waals surface area (Å²) < 4.78 is 0. The van der Waals surface area contributed by atoms with Crippen LogP contribution >= 0.6 is 0 Å². The number of carbonyl (C=O) groups is 2. The van der Waals surface area contributed by atoms with Crippen molar-refractivity contribution >= 4 is 34.2 Å². The largest absolute Gasteiger partial charge is 0.338 e. The van der Waals surface area contributed by atoms with Gasteiger partial charge in [-0.05, 0) is 55.1 Å². The van der Waals surface area contributed by atoms with Gasteiger partial charge in [0.1, 0.15) is 5.82 Å². The van der Waals surface area contributed by atoms with Gasteiger partial charge in [0.15, 0.2) is 0 Å². The number of hydrogen-bond donors (Lipinski definition) is 3. The van der Waals surface area contributed by atoms with Gasteiger partial charge in [0.25, 0.3) is 5.91 Å². The van der Waals surface area contributed by atoms with Crippen molar-refractivity contribution in [2.24, 2.45) is 0 Å². The summed E-state index contributed by atoms with van der Waals surface area (Å²) in [7, 11) is 0. The van der Waals surface area contributed by atoms with Crippen molar-refractivity contribution < 1.29 is 9.59 Å². The average Bonchev–Trinajstić information content (AvgIpc) is 2.62. The topological polar surface area (TPSA) is 96.0 Å². The number of hydrogen-bond acceptors (Lipinski definition) is 4. The molecule has 0 aliphatic carbocycles. The molecule has 2 heterocycles. The van der Waals surface area contributed by atoms with E-state index in [-0.39, 0.29) is 11.9 Å². The number of aromatic nitrogens is 2. The molecule has 0 spiro atoms. The molecule has 0 atom stereocenters. The molecule has 3 rings (SSSR count). The van der Waals surface area contributed by atoms with E-state index in [0.717, 1.165) is 16.3 Å². The standard InChI is InChI=1S/C19H19N5O2/c1-3-21-19(26)24-17-10-14-9-15(8-12(2)16(14)11-22-17)23-18(25)13-4-6-20-7-5-13/h4-11H,3H2,1-2H3,(H,23,25)(H2,21,22,24,26). The zero-order valence-corrected chi connectivity index (χ0v) is 14.5. The Morgan fingerprint density at radius 1 is 1.08 bits per heavy atom. The number of fused-ring (bicyclic) bond motifs is 1. The predicted molar refractivity (Wildman–Crippen MR) is 101 cm³/mol. The minimum atomic E-state index is -0.307. The minimum Gasteiger partial charge on any atom is -0.338 e. The van der Waals surface area contributed by atoms with Crippen LogP contribution in [0.5, 0.6) is 0 Å². The van der Waals surface area contributed by atoms with Crippen molar-refractivity contribution in [3.8, 4) is 0 Å². The number of pyridine rings is 2. The van der Waals surface area contributed by atoms with Crippen LogP contribution in [0.1, 0.15) is 22.8 Å². The molecule has 1 aromatic carbocycles. The van der Waals surface area contributed by atoms with Crippen molar-refractivity contribution in [2.45, 2.75) is 13.8 Å². The van der Waals surface area contributed by atoms with Gasteiger partial charge in [-0.15, -0.1) is 0 Å². The Kier molecular flexibility index (Phi) is 5.07. The minimum absolute atomic E-state index is 0.208. The number of aryl methyl sites for hydroxylation is 1. The molecule has 0 radical (unpaired) electrons. The van der Waals surface area contributed by atoms with Gasteiger partial charge in [-0.25, -0.2) is 9.78 Å². The van der Waals surface area contributed by atoms with E-state index in [2.05, 4.69) is 25.9 Å². The highest BCUT2D eigenvalue weighted by Gasteiger charge is 2.09. The number of nitrogens with zero attached hydrogens (tertiary/aromatic N) is 2. The van der Waals surface area contributed by atoms with Gasteiger partial charge in [0, 0.05) is 41.8 Å². The third-order valence-electron chi connectivity index (χ3n) is 3.82. The zero-order chi connectivity index (χ0) is 18.5. The van der Waals surface area contributed by atoms with Crippen molar-refractivity contribution in [3.63, 3.8) is 0 Å². The van der Waals surface area contributed by atoms with Crippen molar-refractivity contribution in [1.82, 2.24) is 15.3 Å². The fourth-order valence-electron chi connectivity index (χ4n) is 2.61. The van der Waals surface area contributed by atoms with Crippen molar-refractivity contribution in [1.29, 1.82) is 0 Å². The normalized spacial score (nSPS) is 10.4. The summed E-state index contributed by atoms with van der Waals surface area (Å²) in [6, 6.07) is 8.52. The summed E-state index contributed by atoms with van der Waals surface area (Å²) >= 11 is 0. The van der Waals surface area contributed by atoms with Gasteiger partial charge < -0.3 is 10.6 Å². The fraction of sp³-hybridized carbons (Fsp3) is 0.158. The summed E-state index contributed by atoms with van der Waals surface area (Å²) in [5.41, 5.74) is 2.18. The summed E-state index contributed by atoms with van der Waals surface area (Å²) in [5, 5.41) is 10.1. The van der Waals surface area contributed by atoms with Gasteiger partial charge in [-0.2, -0.15) is 0 Å². The number of benzene rings is 1. The molecule has 0 saturated carbocycles. The fourth-order valence-corrected chi connectivity index (χ4v) is 2.61. The Hall–Kier alpha value is -3.48. The van der Waals surface area contributed by atoms with Gasteiger partial charge >= 0.3 is 6.03 Å². The molecule has 3 aromatic rings. The molecule has 0 unspecified atom stereocenters. The zero-order valence-electron chi connectivity index (χ0n) is 14.5. The summed E-state index contributed by atoms with van der Waals surface area (Å²) in [4.78, 5) is 32.2. The van der Waals surface area contributed by atoms with Crippen molar-refractivity contribution in [2.75, 3.05) is 17.2 Å². The third kappa shape index (κ3) is 3.94. The number of nitrogens with one attached hydrogen (secondary N) is 3. The van der Waals surface area contributed by atoms with Crippen LogP contribution in [0.3, 0.4) is 0 Å². The number of urea groups is 1. The number of carbonyl (C=O) groups excluding carboxylic acids is 2. The van der Waals surface area contributed by atoms with Crippen LogP contribution in [-0.2, 0) is 0 Å². The smallest absolute Gasteiger partial charge is 0.320 e. The molecule has 0 aliphatic rings. The Bertz CT molecular complexity index is 957. The highest BCUT2D eigenvalue weighted by molar-refractivity contribution is 6.05. The lowest BCUT2D eigenvalue weighted by molar-refractivity contribution is 0.102. The molecule has 3 amide bonds. The first-order chi connectivity index (χ1) is 12.6. The molecule has 3 N–H and O–H groups in total. The Morgan fingerprint density at radius 3 is 2.58 bits per heavy atom. The molecule has 0 aliphatic heterocycles. The van der Waals surface area contributed by atoms with E-state index in [1.165, 1.54) is 0 Å². The lowest BCUT2D eigenvalue weighted by Crippen LogP contribution is -2.28. The Labute approximate surface area is 150 Å². The van der Waals surface area contributed by atoms with Gasteiger partial charge in [-0.3, -0.25) is 15.1 Å². The molecule has 0 bridgehead atoms. The third-order valence-corrected chi connectivity index (χ3v) is 3.82. The lowest BCUT2D eigenvalue weighted by Gasteiger charge is -2.11. The highest BCUT2D eigenvalue weighted by atomic mass is 16.2. The summed E-state index contributed by atoms with van der Waals surface area (Å²) in [6.45, 7) is 4.32. The van der Waals surface area contributed by atoms with E-state index in [1.54, 1.807) is 36.8 Å². The van der Waals surface area contributed by atoms with Crippen LogP contribution < -0.4 is 16.0 Å². The van der Waals surface area contributed by atoms with Crippen molar-refractivity contribution in [3.05, 3.63) is 60.0 Å². The van der Waals surface area contributed by atoms with Crippen LogP contribution in [0.2, 0.25) is 0 Å². The second-order valence-electron chi connectivity index (χ2n) is 5.76. The summed E-state index contributed by atoms with van der Waals surface area (Å²) in [5.74, 6) is 0.237. The Balaban J connectivity index is 1.87. The van der Waals surface area contributed by atoms with Crippen LogP contribution in [0.25, 0.3) is 10.8 Å². The molecule has 7 heteroatoms. The first-order valence-electron chi connectivity index (χ1n) is 8.23. The van der Waals surface area contributed by atoms with E-state index < -0.39 is 0 Å². The van der Waals surface area contributed by atoms with Crippen LogP contribution in [0.15, 0.2) is 48.9 Å². The summed E-state index contributed by atoms with van der Waals surface area (Å²) in [6.07, 6.45) is 4.86. The first kappa shape index (κ1) is 17.3. The second kappa shape index (κ2) is 7.60. The first-order valence-corrected chi connectivity index (χ1v) is 8.23. The molecule has 7 nitrogen and oxygen atoms in total. The molecular formula is C19H19N5O2. The number of anilines is 2. The van der Waals surface area contributed by atoms with Gasteiger partial charge in [0.05, 0.1) is 0 Å². The molecule has 0 saturated heterocycles. The number of rotatable bonds is 4. The molecule has 26 heavy (non-hydrogen) atoms. The molecular weight excluding hydrogens is 330 g/mol. The lowest BCUT2D eigenvalue weighted by atomic mass is 10.1. The SMILES string of the molecule is CCNC(=O)Nc1cc2cc(NC(=O)c3ccncc3)cc(C)c2cn1. The monoisotopic (exact) mass is 349 g/mol. The van der Waals surface area contributed by atoms with Crippen LogP contribution in [0, 0.1) is 6.92 Å². The van der Waals surface area contributed by atoms with E-state index in [0.29, 0.717) is 23.6 Å². The van der Waals surface area contributed by atoms with E-state index in [4.69, 9.17) is 0 Å². The quantitative estimate of drug-likeness (QED) is 0.673. The maximum Gasteiger partial charge on any atom is 0.320 e. The maximum absolute atomic E-state index is 12.3. The van der Waals surface area contributed by atoms with Gasteiger partial charge in [0.2, 0.25) is 0 Å².